The molecule has 0 bridgehead atoms. The van der Waals surface area contributed by atoms with E-state index in [1.165, 1.54) is 17.0 Å². The van der Waals surface area contributed by atoms with Crippen LogP contribution >= 0.6 is 23.1 Å². The molecule has 0 unspecified atom stereocenters. The van der Waals surface area contributed by atoms with Crippen molar-refractivity contribution in [3.63, 3.8) is 0 Å². The predicted molar refractivity (Wildman–Crippen MR) is 102 cm³/mol. The lowest BCUT2D eigenvalue weighted by Gasteiger charge is -2.03. The summed E-state index contributed by atoms with van der Waals surface area (Å²) in [5.74, 6) is 2.28. The van der Waals surface area contributed by atoms with E-state index < -0.39 is 0 Å². The molecule has 26 heavy (non-hydrogen) atoms. The second kappa shape index (κ2) is 9.49. The van der Waals surface area contributed by atoms with Crippen LogP contribution in [0.4, 0.5) is 4.39 Å². The Morgan fingerprint density at radius 1 is 1.27 bits per heavy atom. The second-order valence-corrected chi connectivity index (χ2v) is 7.64. The number of halogens is 1. The largest absolute Gasteiger partial charge is 0.355 e. The first kappa shape index (κ1) is 18.6. The summed E-state index contributed by atoms with van der Waals surface area (Å²) < 4.78 is 18.1. The number of carbonyl (C=O) groups excluding carboxylic acids is 1. The molecule has 0 fully saturated rings. The predicted octanol–water partition coefficient (Wildman–Crippen LogP) is 3.92. The molecule has 0 spiro atoms. The molecule has 0 aliphatic heterocycles. The van der Waals surface area contributed by atoms with Gasteiger partial charge >= 0.3 is 0 Å². The number of nitrogens with one attached hydrogen (secondary N) is 1. The van der Waals surface area contributed by atoms with Crippen LogP contribution in [-0.2, 0) is 17.0 Å². The Morgan fingerprint density at radius 3 is 2.88 bits per heavy atom. The van der Waals surface area contributed by atoms with Gasteiger partial charge in [-0.3, -0.25) is 4.79 Å². The molecule has 2 heterocycles. The fourth-order valence-electron chi connectivity index (χ4n) is 2.21. The van der Waals surface area contributed by atoms with Gasteiger partial charge in [0.1, 0.15) is 5.82 Å². The van der Waals surface area contributed by atoms with Crippen LogP contribution < -0.4 is 5.32 Å². The molecule has 0 aliphatic rings. The first-order valence-corrected chi connectivity index (χ1v) is 10.2. The topological polar surface area (TPSA) is 68.0 Å². The Bertz CT molecular complexity index is 819. The van der Waals surface area contributed by atoms with E-state index >= 15 is 0 Å². The molecule has 136 valence electrons. The van der Waals surface area contributed by atoms with Crippen LogP contribution in [0.25, 0.3) is 11.4 Å². The normalized spacial score (nSPS) is 10.8. The minimum Gasteiger partial charge on any atom is -0.355 e. The number of hydrogen-bond donors (Lipinski definition) is 1. The SMILES string of the molecule is O=C(CCc1nc(-c2ccc(F)cc2)no1)NCCSCc1cccs1. The highest BCUT2D eigenvalue weighted by Gasteiger charge is 2.10. The van der Waals surface area contributed by atoms with Crippen molar-refractivity contribution in [2.45, 2.75) is 18.6 Å². The lowest BCUT2D eigenvalue weighted by molar-refractivity contribution is -0.121. The summed E-state index contributed by atoms with van der Waals surface area (Å²) in [5.41, 5.74) is 0.675. The van der Waals surface area contributed by atoms with E-state index in [9.17, 15) is 9.18 Å². The monoisotopic (exact) mass is 391 g/mol. The fraction of sp³-hybridized carbons (Fsp3) is 0.278. The van der Waals surface area contributed by atoms with Gasteiger partial charge in [0.05, 0.1) is 0 Å². The summed E-state index contributed by atoms with van der Waals surface area (Å²) in [6, 6.07) is 10.0. The zero-order chi connectivity index (χ0) is 18.2. The number of rotatable bonds is 9. The van der Waals surface area contributed by atoms with Crippen molar-refractivity contribution in [2.75, 3.05) is 12.3 Å². The Morgan fingerprint density at radius 2 is 2.12 bits per heavy atom. The number of benzene rings is 1. The van der Waals surface area contributed by atoms with Gasteiger partial charge in [-0.1, -0.05) is 11.2 Å². The van der Waals surface area contributed by atoms with Crippen molar-refractivity contribution in [1.29, 1.82) is 0 Å². The molecule has 0 saturated carbocycles. The van der Waals surface area contributed by atoms with Crippen molar-refractivity contribution >= 4 is 29.0 Å². The summed E-state index contributed by atoms with van der Waals surface area (Å²) >= 11 is 3.54. The first-order chi connectivity index (χ1) is 12.7. The van der Waals surface area contributed by atoms with Gasteiger partial charge in [0.2, 0.25) is 17.6 Å². The number of nitrogens with zero attached hydrogens (tertiary/aromatic N) is 2. The molecule has 1 N–H and O–H groups in total. The molecule has 0 radical (unpaired) electrons. The highest BCUT2D eigenvalue weighted by Crippen LogP contribution is 2.17. The molecule has 1 amide bonds. The Hall–Kier alpha value is -2.19. The quantitative estimate of drug-likeness (QED) is 0.560. The highest BCUT2D eigenvalue weighted by molar-refractivity contribution is 7.98. The van der Waals surface area contributed by atoms with Crippen molar-refractivity contribution in [1.82, 2.24) is 15.5 Å². The first-order valence-electron chi connectivity index (χ1n) is 8.16. The van der Waals surface area contributed by atoms with Crippen LogP contribution in [0.5, 0.6) is 0 Å². The molecule has 5 nitrogen and oxygen atoms in total. The number of aryl methyl sites for hydroxylation is 1. The number of aromatic nitrogens is 2. The van der Waals surface area contributed by atoms with Crippen LogP contribution in [0.15, 0.2) is 46.3 Å². The van der Waals surface area contributed by atoms with Gasteiger partial charge in [0, 0.05) is 41.3 Å². The molecule has 8 heteroatoms. The number of thioether (sulfide) groups is 1. The van der Waals surface area contributed by atoms with Crippen LogP contribution in [0.3, 0.4) is 0 Å². The van der Waals surface area contributed by atoms with Crippen LogP contribution in [-0.4, -0.2) is 28.3 Å². The maximum absolute atomic E-state index is 12.9. The molecular weight excluding hydrogens is 373 g/mol. The van der Waals surface area contributed by atoms with Crippen LogP contribution in [0, 0.1) is 5.82 Å². The van der Waals surface area contributed by atoms with Gasteiger partial charge < -0.3 is 9.84 Å². The van der Waals surface area contributed by atoms with E-state index in [0.717, 1.165) is 11.5 Å². The van der Waals surface area contributed by atoms with E-state index in [2.05, 4.69) is 26.9 Å². The maximum Gasteiger partial charge on any atom is 0.227 e. The lowest BCUT2D eigenvalue weighted by Crippen LogP contribution is -2.25. The molecule has 2 aromatic heterocycles. The smallest absolute Gasteiger partial charge is 0.227 e. The zero-order valence-electron chi connectivity index (χ0n) is 14.0. The number of thiophene rings is 1. The molecule has 1 aromatic carbocycles. The number of carbonyl (C=O) groups is 1. The molecule has 3 aromatic rings. The van der Waals surface area contributed by atoms with Crippen molar-refractivity contribution in [3.8, 4) is 11.4 Å². The average Bonchev–Trinajstić information content (AvgIpc) is 3.32. The summed E-state index contributed by atoms with van der Waals surface area (Å²) in [5, 5.41) is 8.82. The molecule has 0 saturated heterocycles. The minimum atomic E-state index is -0.317. The standard InChI is InChI=1S/C18H18FN3O2S2/c19-14-5-3-13(4-6-14)18-21-17(24-22-18)8-7-16(23)20-9-11-25-12-15-2-1-10-26-15/h1-6,10H,7-9,11-12H2,(H,20,23). The van der Waals surface area contributed by atoms with E-state index in [1.54, 1.807) is 35.2 Å². The number of hydrogen-bond acceptors (Lipinski definition) is 6. The van der Waals surface area contributed by atoms with Gasteiger partial charge in [-0.25, -0.2) is 4.39 Å². The number of amides is 1. The fourth-order valence-corrected chi connectivity index (χ4v) is 3.91. The Labute approximate surface area is 159 Å². The third-order valence-electron chi connectivity index (χ3n) is 3.53. The van der Waals surface area contributed by atoms with E-state index in [4.69, 9.17) is 4.52 Å². The molecule has 0 aliphatic carbocycles. The Balaban J connectivity index is 1.34. The molecule has 3 rings (SSSR count). The van der Waals surface area contributed by atoms with Gasteiger partial charge in [0.25, 0.3) is 0 Å². The summed E-state index contributed by atoms with van der Waals surface area (Å²) in [6.45, 7) is 0.638. The average molecular weight is 391 g/mol. The maximum atomic E-state index is 12.9. The van der Waals surface area contributed by atoms with Crippen molar-refractivity contribution in [3.05, 3.63) is 58.4 Å². The van der Waals surface area contributed by atoms with Gasteiger partial charge in [-0.05, 0) is 35.7 Å². The third kappa shape index (κ3) is 5.67. The van der Waals surface area contributed by atoms with Crippen molar-refractivity contribution in [2.24, 2.45) is 0 Å². The molecule has 0 atom stereocenters. The second-order valence-electron chi connectivity index (χ2n) is 5.50. The Kier molecular flexibility index (Phi) is 6.79. The lowest BCUT2D eigenvalue weighted by atomic mass is 10.2. The van der Waals surface area contributed by atoms with E-state index in [1.807, 2.05) is 6.07 Å². The van der Waals surface area contributed by atoms with Crippen molar-refractivity contribution < 1.29 is 13.7 Å². The highest BCUT2D eigenvalue weighted by atomic mass is 32.2. The summed E-state index contributed by atoms with van der Waals surface area (Å²) in [7, 11) is 0. The van der Waals surface area contributed by atoms with Crippen LogP contribution in [0.2, 0.25) is 0 Å². The summed E-state index contributed by atoms with van der Waals surface area (Å²) in [4.78, 5) is 17.5. The zero-order valence-corrected chi connectivity index (χ0v) is 15.6. The van der Waals surface area contributed by atoms with Gasteiger partial charge in [-0.2, -0.15) is 16.7 Å². The van der Waals surface area contributed by atoms with E-state index in [-0.39, 0.29) is 11.7 Å². The minimum absolute atomic E-state index is 0.0387. The van der Waals surface area contributed by atoms with Gasteiger partial charge in [-0.15, -0.1) is 11.3 Å². The van der Waals surface area contributed by atoms with Crippen LogP contribution in [0.1, 0.15) is 17.2 Å². The molecular formula is C18H18FN3O2S2. The van der Waals surface area contributed by atoms with E-state index in [0.29, 0.717) is 36.7 Å². The van der Waals surface area contributed by atoms with Gasteiger partial charge in [0.15, 0.2) is 0 Å². The third-order valence-corrected chi connectivity index (χ3v) is 5.60. The summed E-state index contributed by atoms with van der Waals surface area (Å²) in [6.07, 6.45) is 0.670.